The van der Waals surface area contributed by atoms with Crippen molar-refractivity contribution in [3.8, 4) is 5.69 Å². The topological polar surface area (TPSA) is 97.1 Å². The van der Waals surface area contributed by atoms with E-state index < -0.39 is 17.6 Å². The van der Waals surface area contributed by atoms with Gasteiger partial charge < -0.3 is 5.32 Å². The van der Waals surface area contributed by atoms with E-state index >= 15 is 0 Å². The summed E-state index contributed by atoms with van der Waals surface area (Å²) in [5, 5.41) is 9.19. The van der Waals surface area contributed by atoms with Crippen LogP contribution in [0.5, 0.6) is 0 Å². The number of amides is 1. The zero-order chi connectivity index (χ0) is 22.3. The molecule has 2 N–H and O–H groups in total. The van der Waals surface area contributed by atoms with E-state index in [2.05, 4.69) is 20.5 Å². The molecule has 0 saturated carbocycles. The first-order valence-corrected chi connectivity index (χ1v) is 9.22. The summed E-state index contributed by atoms with van der Waals surface area (Å²) in [7, 11) is 0. The molecule has 1 amide bonds. The van der Waals surface area contributed by atoms with E-state index in [4.69, 9.17) is 0 Å². The summed E-state index contributed by atoms with van der Waals surface area (Å²) in [6.45, 7) is 3.42. The minimum Gasteiger partial charge on any atom is -0.324 e. The third-order valence-corrected chi connectivity index (χ3v) is 4.89. The van der Waals surface area contributed by atoms with Gasteiger partial charge in [0.15, 0.2) is 5.65 Å². The summed E-state index contributed by atoms with van der Waals surface area (Å²) >= 11 is 0. The van der Waals surface area contributed by atoms with E-state index in [-0.39, 0.29) is 17.7 Å². The molecule has 8 nitrogen and oxygen atoms in total. The first-order chi connectivity index (χ1) is 14.6. The third-order valence-electron chi connectivity index (χ3n) is 4.89. The fraction of sp³-hybridized carbons (Fsp3) is 0.200. The molecule has 0 spiro atoms. The summed E-state index contributed by atoms with van der Waals surface area (Å²) in [5.41, 5.74) is 1.18. The lowest BCUT2D eigenvalue weighted by molar-refractivity contribution is -0.137. The van der Waals surface area contributed by atoms with Crippen LogP contribution in [0.15, 0.2) is 47.5 Å². The molecule has 3 heterocycles. The summed E-state index contributed by atoms with van der Waals surface area (Å²) < 4.78 is 42.5. The summed E-state index contributed by atoms with van der Waals surface area (Å²) in [5.74, 6) is -0.533. The number of hydrogen-bond donors (Lipinski definition) is 2. The first-order valence-electron chi connectivity index (χ1n) is 9.22. The molecule has 160 valence electrons. The van der Waals surface area contributed by atoms with Crippen LogP contribution in [-0.4, -0.2) is 30.3 Å². The van der Waals surface area contributed by atoms with Crippen LogP contribution in [0, 0.1) is 13.8 Å². The van der Waals surface area contributed by atoms with Gasteiger partial charge in [-0.3, -0.25) is 14.7 Å². The molecular weight excluding hydrogens is 413 g/mol. The lowest BCUT2D eigenvalue weighted by Gasteiger charge is -2.16. The number of hydrogen-bond acceptors (Lipinski definition) is 4. The Bertz CT molecular complexity index is 1340. The smallest absolute Gasteiger partial charge is 0.324 e. The highest BCUT2D eigenvalue weighted by molar-refractivity contribution is 5.94. The molecule has 4 rings (SSSR count). The average Bonchev–Trinajstić information content (AvgIpc) is 3.34. The van der Waals surface area contributed by atoms with Gasteiger partial charge in [-0.05, 0) is 38.1 Å². The Balaban J connectivity index is 1.69. The van der Waals surface area contributed by atoms with E-state index in [1.807, 2.05) is 0 Å². The quantitative estimate of drug-likeness (QED) is 0.520. The molecule has 0 aliphatic carbocycles. The zero-order valence-electron chi connectivity index (χ0n) is 16.5. The number of halogens is 3. The van der Waals surface area contributed by atoms with Gasteiger partial charge in [0.05, 0.1) is 23.4 Å². The fourth-order valence-corrected chi connectivity index (χ4v) is 3.39. The van der Waals surface area contributed by atoms with Crippen molar-refractivity contribution in [2.45, 2.75) is 26.4 Å². The van der Waals surface area contributed by atoms with Crippen LogP contribution in [0.4, 0.5) is 18.9 Å². The maximum absolute atomic E-state index is 13.2. The van der Waals surface area contributed by atoms with E-state index in [1.165, 1.54) is 27.5 Å². The van der Waals surface area contributed by atoms with Gasteiger partial charge in [0.1, 0.15) is 0 Å². The molecule has 4 aromatic rings. The summed E-state index contributed by atoms with van der Waals surface area (Å²) in [6.07, 6.45) is -1.66. The van der Waals surface area contributed by atoms with Crippen molar-refractivity contribution in [1.82, 2.24) is 24.4 Å². The van der Waals surface area contributed by atoms with Gasteiger partial charge in [-0.15, -0.1) is 0 Å². The number of anilines is 1. The van der Waals surface area contributed by atoms with Crippen LogP contribution in [0.2, 0.25) is 0 Å². The Hall–Kier alpha value is -3.89. The molecule has 0 radical (unpaired) electrons. The fourth-order valence-electron chi connectivity index (χ4n) is 3.39. The van der Waals surface area contributed by atoms with Gasteiger partial charge in [-0.2, -0.15) is 18.3 Å². The average molecular weight is 430 g/mol. The number of H-pyrrole nitrogens is 1. The summed E-state index contributed by atoms with van der Waals surface area (Å²) in [4.78, 5) is 28.7. The van der Waals surface area contributed by atoms with E-state index in [9.17, 15) is 22.8 Å². The van der Waals surface area contributed by atoms with Gasteiger partial charge >= 0.3 is 6.18 Å². The highest BCUT2D eigenvalue weighted by Gasteiger charge is 2.31. The lowest BCUT2D eigenvalue weighted by Crippen LogP contribution is -2.19. The SMILES string of the molecule is Cc1nc2cc(=O)[nH]n2c(C)c1CC(=O)Nc1cc(C(F)(F)F)ccc1-n1cccn1. The van der Waals surface area contributed by atoms with Gasteiger partial charge in [-0.25, -0.2) is 14.2 Å². The van der Waals surface area contributed by atoms with Crippen LogP contribution in [0.1, 0.15) is 22.5 Å². The predicted molar refractivity (Wildman–Crippen MR) is 106 cm³/mol. The van der Waals surface area contributed by atoms with Gasteiger partial charge in [0.2, 0.25) is 5.91 Å². The Morgan fingerprint density at radius 2 is 2.00 bits per heavy atom. The normalized spacial score (nSPS) is 11.8. The monoisotopic (exact) mass is 430 g/mol. The number of aromatic nitrogens is 5. The molecule has 1 aromatic carbocycles. The Morgan fingerprint density at radius 1 is 1.23 bits per heavy atom. The molecule has 0 fully saturated rings. The number of fused-ring (bicyclic) bond motifs is 1. The molecule has 11 heteroatoms. The molecule has 0 atom stereocenters. The molecule has 0 unspecified atom stereocenters. The minimum absolute atomic E-state index is 0.0257. The highest BCUT2D eigenvalue weighted by Crippen LogP contribution is 2.33. The number of nitrogens with one attached hydrogen (secondary N) is 2. The Kier molecular flexibility index (Phi) is 4.88. The minimum atomic E-state index is -4.56. The number of rotatable bonds is 4. The summed E-state index contributed by atoms with van der Waals surface area (Å²) in [6, 6.07) is 6.01. The van der Waals surface area contributed by atoms with E-state index in [0.29, 0.717) is 28.3 Å². The number of alkyl halides is 3. The Labute approximate surface area is 173 Å². The molecule has 3 aromatic heterocycles. The van der Waals surface area contributed by atoms with Crippen molar-refractivity contribution in [1.29, 1.82) is 0 Å². The number of nitrogens with zero attached hydrogens (tertiary/aromatic N) is 4. The third kappa shape index (κ3) is 3.93. The van der Waals surface area contributed by atoms with Crippen LogP contribution >= 0.6 is 0 Å². The number of carbonyl (C=O) groups excluding carboxylic acids is 1. The molecule has 0 saturated heterocycles. The Morgan fingerprint density at radius 3 is 2.68 bits per heavy atom. The standard InChI is InChI=1S/C20H17F3N6O2/c1-11-14(12(2)29-17(25-11)10-19(31)27-29)9-18(30)26-15-8-13(20(21,22)23)4-5-16(15)28-7-3-6-24-28/h3-8,10H,9H2,1-2H3,(H,26,30)(H,27,31). The van der Waals surface area contributed by atoms with Crippen LogP contribution < -0.4 is 10.9 Å². The van der Waals surface area contributed by atoms with Crippen molar-refractivity contribution in [2.75, 3.05) is 5.32 Å². The van der Waals surface area contributed by atoms with Crippen LogP contribution in [0.3, 0.4) is 0 Å². The largest absolute Gasteiger partial charge is 0.416 e. The second-order valence-electron chi connectivity index (χ2n) is 6.98. The second-order valence-corrected chi connectivity index (χ2v) is 6.98. The van der Waals surface area contributed by atoms with E-state index in [1.54, 1.807) is 26.1 Å². The molecule has 0 aliphatic rings. The maximum Gasteiger partial charge on any atom is 0.416 e. The number of benzene rings is 1. The molecule has 0 bridgehead atoms. The van der Waals surface area contributed by atoms with Crippen molar-refractivity contribution in [3.05, 3.63) is 75.6 Å². The van der Waals surface area contributed by atoms with Crippen molar-refractivity contribution in [2.24, 2.45) is 0 Å². The molecule has 0 aliphatic heterocycles. The lowest BCUT2D eigenvalue weighted by atomic mass is 10.1. The highest BCUT2D eigenvalue weighted by atomic mass is 19.4. The van der Waals surface area contributed by atoms with E-state index in [0.717, 1.165) is 12.1 Å². The van der Waals surface area contributed by atoms with Gasteiger partial charge in [0, 0.05) is 35.4 Å². The first kappa shape index (κ1) is 20.4. The zero-order valence-corrected chi connectivity index (χ0v) is 16.5. The van der Waals surface area contributed by atoms with Crippen molar-refractivity contribution < 1.29 is 18.0 Å². The van der Waals surface area contributed by atoms with Gasteiger partial charge in [-0.1, -0.05) is 0 Å². The number of aryl methyl sites for hydroxylation is 2. The van der Waals surface area contributed by atoms with Crippen LogP contribution in [0.25, 0.3) is 11.3 Å². The van der Waals surface area contributed by atoms with Gasteiger partial charge in [0.25, 0.3) is 5.56 Å². The molecular formula is C20H17F3N6O2. The van der Waals surface area contributed by atoms with Crippen LogP contribution in [-0.2, 0) is 17.4 Å². The molecule has 31 heavy (non-hydrogen) atoms. The van der Waals surface area contributed by atoms with Crippen molar-refractivity contribution in [3.63, 3.8) is 0 Å². The van der Waals surface area contributed by atoms with Crippen molar-refractivity contribution >= 4 is 17.2 Å². The number of carbonyl (C=O) groups is 1. The predicted octanol–water partition coefficient (Wildman–Crippen LogP) is 3.03. The second kappa shape index (κ2) is 7.42. The number of aromatic amines is 1. The maximum atomic E-state index is 13.2.